The number of anilines is 4. The molecule has 4 rings (SSSR count). The largest absolute Gasteiger partial charge is 0.494 e. The molecule has 0 radical (unpaired) electrons. The van der Waals surface area contributed by atoms with Crippen molar-refractivity contribution in [3.05, 3.63) is 66.3 Å². The number of aromatic nitrogens is 2. The molecule has 0 bridgehead atoms. The van der Waals surface area contributed by atoms with Crippen LogP contribution < -0.4 is 25.0 Å². The van der Waals surface area contributed by atoms with E-state index in [1.165, 1.54) is 12.3 Å². The molecule has 9 nitrogen and oxygen atoms in total. The van der Waals surface area contributed by atoms with Crippen LogP contribution >= 0.6 is 11.6 Å². The van der Waals surface area contributed by atoms with Crippen LogP contribution in [-0.4, -0.2) is 49.3 Å². The van der Waals surface area contributed by atoms with Gasteiger partial charge in [0.15, 0.2) is 0 Å². The van der Waals surface area contributed by atoms with Crippen LogP contribution in [0.4, 0.5) is 23.0 Å². The van der Waals surface area contributed by atoms with E-state index >= 15 is 0 Å². The molecule has 2 N–H and O–H groups in total. The molecule has 3 aromatic rings. The molecule has 0 saturated carbocycles. The molecule has 35 heavy (non-hydrogen) atoms. The van der Waals surface area contributed by atoms with Crippen LogP contribution in [0.3, 0.4) is 0 Å². The van der Waals surface area contributed by atoms with Crippen molar-refractivity contribution in [2.75, 3.05) is 48.9 Å². The van der Waals surface area contributed by atoms with Crippen LogP contribution in [0, 0.1) is 0 Å². The molecule has 1 saturated heterocycles. The van der Waals surface area contributed by atoms with E-state index in [1.54, 1.807) is 31.4 Å². The number of methoxy groups -OCH3 is 1. The lowest BCUT2D eigenvalue weighted by molar-refractivity contribution is -0.111. The fraction of sp³-hybridized carbons (Fsp3) is 0.240. The Morgan fingerprint density at radius 2 is 2.11 bits per heavy atom. The van der Waals surface area contributed by atoms with Gasteiger partial charge in [-0.1, -0.05) is 24.2 Å². The highest BCUT2D eigenvalue weighted by Gasteiger charge is 2.15. The van der Waals surface area contributed by atoms with E-state index in [-0.39, 0.29) is 22.8 Å². The summed E-state index contributed by atoms with van der Waals surface area (Å²) in [7, 11) is 1.62. The van der Waals surface area contributed by atoms with Gasteiger partial charge in [-0.3, -0.25) is 4.79 Å². The van der Waals surface area contributed by atoms with E-state index in [4.69, 9.17) is 25.8 Å². The molecular formula is C25H26ClN5O4. The average Bonchev–Trinajstić information content (AvgIpc) is 3.16. The van der Waals surface area contributed by atoms with Crippen molar-refractivity contribution in [2.24, 2.45) is 0 Å². The molecule has 2 heterocycles. The van der Waals surface area contributed by atoms with E-state index in [0.717, 1.165) is 31.8 Å². The number of nitrogens with zero attached hydrogens (tertiary/aromatic N) is 3. The Bertz CT molecular complexity index is 1200. The van der Waals surface area contributed by atoms with Crippen LogP contribution in [0.5, 0.6) is 17.4 Å². The topological polar surface area (TPSA) is 97.8 Å². The lowest BCUT2D eigenvalue weighted by Gasteiger charge is -2.23. The molecule has 1 aromatic heterocycles. The minimum atomic E-state index is -0.321. The second kappa shape index (κ2) is 11.5. The monoisotopic (exact) mass is 495 g/mol. The van der Waals surface area contributed by atoms with Crippen molar-refractivity contribution in [3.8, 4) is 17.4 Å². The highest BCUT2D eigenvalue weighted by molar-refractivity contribution is 6.31. The van der Waals surface area contributed by atoms with E-state index in [2.05, 4.69) is 32.1 Å². The predicted octanol–water partition coefficient (Wildman–Crippen LogP) is 5.03. The molecular weight excluding hydrogens is 470 g/mol. The number of halogens is 1. The van der Waals surface area contributed by atoms with Gasteiger partial charge in [-0.15, -0.1) is 0 Å². The number of hydrogen-bond acceptors (Lipinski definition) is 8. The minimum absolute atomic E-state index is 0.163. The molecule has 182 valence electrons. The smallest absolute Gasteiger partial charge is 0.247 e. The third-order valence-corrected chi connectivity index (χ3v) is 5.49. The normalized spacial score (nSPS) is 13.5. The van der Waals surface area contributed by atoms with Gasteiger partial charge in [0.05, 0.1) is 25.6 Å². The summed E-state index contributed by atoms with van der Waals surface area (Å²) in [5.41, 5.74) is 2.31. The van der Waals surface area contributed by atoms with E-state index in [0.29, 0.717) is 29.5 Å². The summed E-state index contributed by atoms with van der Waals surface area (Å²) in [6.45, 7) is 6.68. The van der Waals surface area contributed by atoms with Crippen LogP contribution in [-0.2, 0) is 9.53 Å². The number of ether oxygens (including phenoxy) is 3. The lowest BCUT2D eigenvalue weighted by atomic mass is 10.2. The van der Waals surface area contributed by atoms with Gasteiger partial charge < -0.3 is 29.7 Å². The van der Waals surface area contributed by atoms with Gasteiger partial charge in [0.25, 0.3) is 0 Å². The van der Waals surface area contributed by atoms with E-state index in [9.17, 15) is 4.79 Å². The molecule has 1 fully saturated rings. The molecule has 0 spiro atoms. The number of hydrogen-bond donors (Lipinski definition) is 2. The van der Waals surface area contributed by atoms with Crippen LogP contribution in [0.25, 0.3) is 0 Å². The third-order valence-electron chi connectivity index (χ3n) is 5.23. The summed E-state index contributed by atoms with van der Waals surface area (Å²) < 4.78 is 17.0. The van der Waals surface area contributed by atoms with E-state index < -0.39 is 0 Å². The zero-order chi connectivity index (χ0) is 24.6. The van der Waals surface area contributed by atoms with Crippen molar-refractivity contribution >= 4 is 40.5 Å². The third kappa shape index (κ3) is 6.40. The lowest BCUT2D eigenvalue weighted by Crippen LogP contribution is -2.25. The quantitative estimate of drug-likeness (QED) is 0.420. The summed E-state index contributed by atoms with van der Waals surface area (Å²) >= 11 is 6.27. The summed E-state index contributed by atoms with van der Waals surface area (Å²) in [5.74, 6) is 1.23. The molecule has 2 aromatic carbocycles. The van der Waals surface area contributed by atoms with Gasteiger partial charge in [0.2, 0.25) is 17.7 Å². The number of nitrogens with one attached hydrogen (secondary N) is 2. The van der Waals surface area contributed by atoms with Gasteiger partial charge in [-0.2, -0.15) is 4.98 Å². The predicted molar refractivity (Wildman–Crippen MR) is 136 cm³/mol. The first-order valence-corrected chi connectivity index (χ1v) is 11.4. The zero-order valence-electron chi connectivity index (χ0n) is 19.3. The minimum Gasteiger partial charge on any atom is -0.494 e. The molecule has 10 heteroatoms. The van der Waals surface area contributed by atoms with Gasteiger partial charge in [0, 0.05) is 43.2 Å². The van der Waals surface area contributed by atoms with Crippen molar-refractivity contribution in [2.45, 2.75) is 6.42 Å². The van der Waals surface area contributed by atoms with Crippen molar-refractivity contribution in [1.82, 2.24) is 9.97 Å². The number of carbonyl (C=O) groups is 1. The standard InChI is InChI=1S/C25H26ClN5O4/c1-3-23(32)28-17-6-4-7-19(14-17)35-24-20(26)16-27-25(30-24)29-21-9-8-18(15-22(21)33-2)31-10-5-12-34-13-11-31/h3-4,6-9,14-16H,1,5,10-13H2,2H3,(H,28,32)(H,27,29,30). The number of benzene rings is 2. The summed E-state index contributed by atoms with van der Waals surface area (Å²) in [6.07, 6.45) is 3.62. The van der Waals surface area contributed by atoms with Crippen molar-refractivity contribution in [1.29, 1.82) is 0 Å². The first-order valence-electron chi connectivity index (χ1n) is 11.1. The van der Waals surface area contributed by atoms with Crippen molar-refractivity contribution < 1.29 is 19.0 Å². The van der Waals surface area contributed by atoms with Crippen molar-refractivity contribution in [3.63, 3.8) is 0 Å². The fourth-order valence-corrected chi connectivity index (χ4v) is 3.66. The summed E-state index contributed by atoms with van der Waals surface area (Å²) in [6, 6.07) is 12.8. The first-order chi connectivity index (χ1) is 17.1. The maximum atomic E-state index is 11.6. The SMILES string of the molecule is C=CC(=O)Nc1cccc(Oc2nc(Nc3ccc(N4CCCOCC4)cc3OC)ncc2Cl)c1. The Morgan fingerprint density at radius 1 is 1.23 bits per heavy atom. The Kier molecular flexibility index (Phi) is 8.02. The van der Waals surface area contributed by atoms with Crippen LogP contribution in [0.1, 0.15) is 6.42 Å². The Labute approximate surface area is 208 Å². The van der Waals surface area contributed by atoms with Gasteiger partial charge in [0.1, 0.15) is 16.5 Å². The number of rotatable bonds is 8. The van der Waals surface area contributed by atoms with Gasteiger partial charge >= 0.3 is 0 Å². The second-order valence-electron chi connectivity index (χ2n) is 7.63. The molecule has 0 atom stereocenters. The highest BCUT2D eigenvalue weighted by Crippen LogP contribution is 2.34. The Hall–Kier alpha value is -3.82. The van der Waals surface area contributed by atoms with Crippen LogP contribution in [0.15, 0.2) is 61.3 Å². The summed E-state index contributed by atoms with van der Waals surface area (Å²) in [5, 5.41) is 6.09. The highest BCUT2D eigenvalue weighted by atomic mass is 35.5. The molecule has 1 aliphatic rings. The zero-order valence-corrected chi connectivity index (χ0v) is 20.0. The average molecular weight is 496 g/mol. The fourth-order valence-electron chi connectivity index (χ4n) is 3.53. The van der Waals surface area contributed by atoms with Gasteiger partial charge in [-0.05, 0) is 36.8 Å². The second-order valence-corrected chi connectivity index (χ2v) is 8.04. The molecule has 0 unspecified atom stereocenters. The number of amides is 1. The molecule has 0 aliphatic carbocycles. The number of carbonyl (C=O) groups excluding carboxylic acids is 1. The van der Waals surface area contributed by atoms with Crippen LogP contribution in [0.2, 0.25) is 5.02 Å². The molecule has 1 aliphatic heterocycles. The Balaban J connectivity index is 1.51. The van der Waals surface area contributed by atoms with E-state index in [1.807, 2.05) is 18.2 Å². The van der Waals surface area contributed by atoms with Gasteiger partial charge in [-0.25, -0.2) is 4.98 Å². The first kappa shape index (κ1) is 24.3. The molecule has 1 amide bonds. The Morgan fingerprint density at radius 3 is 2.94 bits per heavy atom. The maximum Gasteiger partial charge on any atom is 0.247 e. The maximum absolute atomic E-state index is 11.6. The summed E-state index contributed by atoms with van der Waals surface area (Å²) in [4.78, 5) is 22.5.